The van der Waals surface area contributed by atoms with E-state index in [0.717, 1.165) is 55.6 Å². The molecule has 0 saturated heterocycles. The Balaban J connectivity index is 1.70. The van der Waals surface area contributed by atoms with Gasteiger partial charge in [-0.2, -0.15) is 0 Å². The third-order valence-electron chi connectivity index (χ3n) is 5.71. The first-order valence-electron chi connectivity index (χ1n) is 11.8. The van der Waals surface area contributed by atoms with E-state index >= 15 is 0 Å². The van der Waals surface area contributed by atoms with Crippen molar-refractivity contribution in [3.8, 4) is 5.75 Å². The molecule has 1 aliphatic rings. The molecular formula is C26H37N3O2S. The first kappa shape index (κ1) is 24.3. The van der Waals surface area contributed by atoms with E-state index in [0.29, 0.717) is 6.61 Å². The van der Waals surface area contributed by atoms with Gasteiger partial charge in [0.05, 0.1) is 6.61 Å². The minimum absolute atomic E-state index is 0.662. The fraction of sp³-hybridized carbons (Fsp3) is 0.500. The SMILES string of the molecule is CCCN1CCCc2cc(CN(CCCOC)C(=S)Nc3ccc(OCC)cc3)ccc21. The lowest BCUT2D eigenvalue weighted by Gasteiger charge is -2.32. The molecule has 0 fully saturated rings. The third-order valence-corrected chi connectivity index (χ3v) is 6.07. The molecule has 1 N–H and O–H groups in total. The van der Waals surface area contributed by atoms with E-state index in [4.69, 9.17) is 21.7 Å². The van der Waals surface area contributed by atoms with Crippen LogP contribution in [0.2, 0.25) is 0 Å². The molecule has 0 unspecified atom stereocenters. The van der Waals surface area contributed by atoms with Crippen molar-refractivity contribution in [2.45, 2.75) is 46.1 Å². The van der Waals surface area contributed by atoms with Crippen LogP contribution in [0.25, 0.3) is 0 Å². The van der Waals surface area contributed by atoms with E-state index in [2.05, 4.69) is 40.2 Å². The van der Waals surface area contributed by atoms with Gasteiger partial charge in [0.1, 0.15) is 5.75 Å². The van der Waals surface area contributed by atoms with Crippen molar-refractivity contribution in [1.29, 1.82) is 0 Å². The number of hydrogen-bond donors (Lipinski definition) is 1. The predicted octanol–water partition coefficient (Wildman–Crippen LogP) is 5.48. The van der Waals surface area contributed by atoms with E-state index in [1.165, 1.54) is 36.2 Å². The zero-order valence-electron chi connectivity index (χ0n) is 19.7. The van der Waals surface area contributed by atoms with Crippen molar-refractivity contribution in [3.63, 3.8) is 0 Å². The fourth-order valence-electron chi connectivity index (χ4n) is 4.21. The van der Waals surface area contributed by atoms with E-state index in [1.54, 1.807) is 7.11 Å². The van der Waals surface area contributed by atoms with Gasteiger partial charge in [-0.25, -0.2) is 0 Å². The first-order chi connectivity index (χ1) is 15.6. The van der Waals surface area contributed by atoms with Crippen molar-refractivity contribution in [2.75, 3.05) is 50.2 Å². The smallest absolute Gasteiger partial charge is 0.173 e. The number of thiocarbonyl (C=S) groups is 1. The van der Waals surface area contributed by atoms with Crippen LogP contribution in [0.15, 0.2) is 42.5 Å². The summed E-state index contributed by atoms with van der Waals surface area (Å²) < 4.78 is 10.8. The molecule has 0 amide bonds. The Morgan fingerprint density at radius 2 is 1.97 bits per heavy atom. The molecule has 5 nitrogen and oxygen atoms in total. The molecule has 0 radical (unpaired) electrons. The zero-order chi connectivity index (χ0) is 22.8. The summed E-state index contributed by atoms with van der Waals surface area (Å²) in [6, 6.07) is 14.9. The number of ether oxygens (including phenoxy) is 2. The molecule has 6 heteroatoms. The second kappa shape index (κ2) is 12.7. The Morgan fingerprint density at radius 3 is 2.69 bits per heavy atom. The Kier molecular flexibility index (Phi) is 9.62. The van der Waals surface area contributed by atoms with Crippen LogP contribution in [-0.2, 0) is 17.7 Å². The minimum atomic E-state index is 0.662. The second-order valence-corrected chi connectivity index (χ2v) is 8.60. The number of anilines is 2. The van der Waals surface area contributed by atoms with E-state index < -0.39 is 0 Å². The van der Waals surface area contributed by atoms with Crippen LogP contribution in [0.1, 0.15) is 44.2 Å². The highest BCUT2D eigenvalue weighted by Crippen LogP contribution is 2.28. The number of nitrogens with zero attached hydrogens (tertiary/aromatic N) is 2. The predicted molar refractivity (Wildman–Crippen MR) is 138 cm³/mol. The van der Waals surface area contributed by atoms with Crippen LogP contribution >= 0.6 is 12.2 Å². The van der Waals surface area contributed by atoms with Crippen LogP contribution in [0.4, 0.5) is 11.4 Å². The zero-order valence-corrected chi connectivity index (χ0v) is 20.5. The first-order valence-corrected chi connectivity index (χ1v) is 12.2. The summed E-state index contributed by atoms with van der Waals surface area (Å²) in [7, 11) is 1.74. The number of fused-ring (bicyclic) bond motifs is 1. The lowest BCUT2D eigenvalue weighted by atomic mass is 9.99. The lowest BCUT2D eigenvalue weighted by Crippen LogP contribution is -2.35. The van der Waals surface area contributed by atoms with Gasteiger partial charge >= 0.3 is 0 Å². The van der Waals surface area contributed by atoms with Gasteiger partial charge < -0.3 is 24.6 Å². The van der Waals surface area contributed by atoms with Crippen LogP contribution in [0.5, 0.6) is 5.75 Å². The van der Waals surface area contributed by atoms with Gasteiger partial charge in [-0.15, -0.1) is 0 Å². The Labute approximate surface area is 198 Å². The van der Waals surface area contributed by atoms with Gasteiger partial charge in [-0.3, -0.25) is 0 Å². The quantitative estimate of drug-likeness (QED) is 0.357. The van der Waals surface area contributed by atoms with Crippen LogP contribution in [-0.4, -0.2) is 50.0 Å². The van der Waals surface area contributed by atoms with Gasteiger partial charge in [0.25, 0.3) is 0 Å². The number of benzene rings is 2. The average Bonchev–Trinajstić information content (AvgIpc) is 2.80. The normalized spacial score (nSPS) is 12.9. The summed E-state index contributed by atoms with van der Waals surface area (Å²) in [5.41, 5.74) is 5.14. The molecule has 2 aromatic rings. The summed E-state index contributed by atoms with van der Waals surface area (Å²) in [6.07, 6.45) is 4.49. The molecule has 0 atom stereocenters. The molecule has 2 aromatic carbocycles. The van der Waals surface area contributed by atoms with Crippen molar-refractivity contribution >= 4 is 28.7 Å². The highest BCUT2D eigenvalue weighted by molar-refractivity contribution is 7.80. The molecule has 1 heterocycles. The number of nitrogens with one attached hydrogen (secondary N) is 1. The van der Waals surface area contributed by atoms with Crippen molar-refractivity contribution in [2.24, 2.45) is 0 Å². The maximum absolute atomic E-state index is 5.80. The van der Waals surface area contributed by atoms with Crippen molar-refractivity contribution < 1.29 is 9.47 Å². The van der Waals surface area contributed by atoms with Crippen LogP contribution < -0.4 is 15.0 Å². The highest BCUT2D eigenvalue weighted by Gasteiger charge is 2.18. The molecule has 0 bridgehead atoms. The lowest BCUT2D eigenvalue weighted by molar-refractivity contribution is 0.185. The van der Waals surface area contributed by atoms with E-state index in [1.807, 2.05) is 31.2 Å². The number of aryl methyl sites for hydroxylation is 1. The maximum atomic E-state index is 5.80. The minimum Gasteiger partial charge on any atom is -0.494 e. The standard InChI is InChI=1S/C26H37N3O2S/c1-4-15-28-16-6-8-22-19-21(9-14-25(22)28)20-29(17-7-18-30-3)26(32)27-23-10-12-24(13-11-23)31-5-2/h9-14,19H,4-8,15-18,20H2,1-3H3,(H,27,32). The molecule has 0 aliphatic carbocycles. The number of hydrogen-bond acceptors (Lipinski definition) is 4. The summed E-state index contributed by atoms with van der Waals surface area (Å²) in [4.78, 5) is 4.76. The average molecular weight is 456 g/mol. The van der Waals surface area contributed by atoms with Gasteiger partial charge in [-0.1, -0.05) is 19.1 Å². The summed E-state index contributed by atoms with van der Waals surface area (Å²) in [6.45, 7) is 9.54. The highest BCUT2D eigenvalue weighted by atomic mass is 32.1. The summed E-state index contributed by atoms with van der Waals surface area (Å²) in [5, 5.41) is 4.13. The molecule has 0 spiro atoms. The van der Waals surface area contributed by atoms with E-state index in [9.17, 15) is 0 Å². The summed E-state index contributed by atoms with van der Waals surface area (Å²) >= 11 is 5.80. The molecule has 1 aliphatic heterocycles. The van der Waals surface area contributed by atoms with Crippen LogP contribution in [0.3, 0.4) is 0 Å². The second-order valence-electron chi connectivity index (χ2n) is 8.21. The monoisotopic (exact) mass is 455 g/mol. The molecule has 32 heavy (non-hydrogen) atoms. The van der Waals surface area contributed by atoms with Crippen molar-refractivity contribution in [3.05, 3.63) is 53.6 Å². The van der Waals surface area contributed by atoms with Gasteiger partial charge in [0.2, 0.25) is 0 Å². The van der Waals surface area contributed by atoms with Crippen molar-refractivity contribution in [1.82, 2.24) is 4.90 Å². The number of rotatable bonds is 11. The fourth-order valence-corrected chi connectivity index (χ4v) is 4.48. The van der Waals surface area contributed by atoms with Gasteiger partial charge in [-0.05, 0) is 86.3 Å². The van der Waals surface area contributed by atoms with Crippen LogP contribution in [0, 0.1) is 0 Å². The molecular weight excluding hydrogens is 418 g/mol. The molecule has 174 valence electrons. The molecule has 3 rings (SSSR count). The topological polar surface area (TPSA) is 37.0 Å². The maximum Gasteiger partial charge on any atom is 0.173 e. The molecule has 0 aromatic heterocycles. The Morgan fingerprint density at radius 1 is 1.16 bits per heavy atom. The largest absolute Gasteiger partial charge is 0.494 e. The van der Waals surface area contributed by atoms with Gasteiger partial charge in [0, 0.05) is 51.3 Å². The molecule has 0 saturated carbocycles. The van der Waals surface area contributed by atoms with Gasteiger partial charge in [0.15, 0.2) is 5.11 Å². The Hall–Kier alpha value is -2.31. The summed E-state index contributed by atoms with van der Waals surface area (Å²) in [5.74, 6) is 0.868. The number of methoxy groups -OCH3 is 1. The van der Waals surface area contributed by atoms with E-state index in [-0.39, 0.29) is 0 Å². The third kappa shape index (κ3) is 6.84. The Bertz CT molecular complexity index is 857.